The van der Waals surface area contributed by atoms with Crippen LogP contribution in [0.15, 0.2) is 0 Å². The molecule has 1 unspecified atom stereocenters. The quantitative estimate of drug-likeness (QED) is 0.368. The van der Waals surface area contributed by atoms with Gasteiger partial charge in [-0.15, -0.1) is 0 Å². The van der Waals surface area contributed by atoms with Gasteiger partial charge < -0.3 is 8.99 Å². The number of hydrogen-bond donors (Lipinski definition) is 0. The van der Waals surface area contributed by atoms with Gasteiger partial charge in [-0.3, -0.25) is 0 Å². The zero-order valence-corrected chi connectivity index (χ0v) is 17.3. The summed E-state index contributed by atoms with van der Waals surface area (Å²) in [6.07, 6.45) is 10.1. The highest BCUT2D eigenvalue weighted by Crippen LogP contribution is 2.24. The largest absolute Gasteiger partial charge is 0.420 e. The van der Waals surface area contributed by atoms with E-state index < -0.39 is 17.3 Å². The maximum Gasteiger partial charge on any atom is 0.191 e. The van der Waals surface area contributed by atoms with Crippen molar-refractivity contribution in [1.29, 1.82) is 0 Å². The third kappa shape index (κ3) is 6.97. The summed E-state index contributed by atoms with van der Waals surface area (Å²) in [6, 6.07) is 5.52. The van der Waals surface area contributed by atoms with Crippen molar-refractivity contribution in [2.45, 2.75) is 89.5 Å². The minimum Gasteiger partial charge on any atom is -0.420 e. The van der Waals surface area contributed by atoms with Crippen LogP contribution < -0.4 is 0 Å². The fourth-order valence-corrected chi connectivity index (χ4v) is 9.06. The second kappa shape index (κ2) is 11.0. The van der Waals surface area contributed by atoms with Gasteiger partial charge in [0.2, 0.25) is 0 Å². The van der Waals surface area contributed by atoms with Crippen molar-refractivity contribution in [3.05, 3.63) is 0 Å². The third-order valence-electron chi connectivity index (χ3n) is 5.74. The first kappa shape index (κ1) is 19.4. The minimum absolute atomic E-state index is 0.441. The van der Waals surface area contributed by atoms with Gasteiger partial charge in [-0.05, 0) is 50.1 Å². The normalized spacial score (nSPS) is 20.3. The topological polar surface area (TPSA) is 12.5 Å². The van der Waals surface area contributed by atoms with E-state index in [4.69, 9.17) is 4.43 Å². The first-order valence-corrected chi connectivity index (χ1v) is 14.5. The van der Waals surface area contributed by atoms with E-state index in [1.165, 1.54) is 76.2 Å². The summed E-state index contributed by atoms with van der Waals surface area (Å²) in [7, 11) is 0.185. The van der Waals surface area contributed by atoms with E-state index in [1.54, 1.807) is 6.04 Å². The van der Waals surface area contributed by atoms with E-state index in [-0.39, 0.29) is 0 Å². The molecule has 0 spiro atoms. The highest BCUT2D eigenvalue weighted by atomic mass is 28.4. The average Bonchev–Trinajstić information content (AvgIpc) is 2.92. The van der Waals surface area contributed by atoms with Gasteiger partial charge >= 0.3 is 0 Å². The van der Waals surface area contributed by atoms with Crippen molar-refractivity contribution < 1.29 is 4.43 Å². The SMILES string of the molecule is CC[Si](CC)(CCCCCCCCN1CCC[SiH]1C)OC. The van der Waals surface area contributed by atoms with E-state index >= 15 is 0 Å². The molecular formula is C17H39NOSi2. The summed E-state index contributed by atoms with van der Waals surface area (Å²) in [5.41, 5.74) is 0. The third-order valence-corrected chi connectivity index (χ3v) is 13.5. The molecule has 0 aromatic rings. The first-order chi connectivity index (χ1) is 10.2. The number of nitrogens with zero attached hydrogens (tertiary/aromatic N) is 1. The molecule has 21 heavy (non-hydrogen) atoms. The zero-order valence-electron chi connectivity index (χ0n) is 15.1. The van der Waals surface area contributed by atoms with Gasteiger partial charge in [-0.25, -0.2) is 0 Å². The van der Waals surface area contributed by atoms with Crippen LogP contribution in [0.5, 0.6) is 0 Å². The molecule has 0 bridgehead atoms. The van der Waals surface area contributed by atoms with E-state index in [0.717, 1.165) is 0 Å². The lowest BCUT2D eigenvalue weighted by Gasteiger charge is -2.27. The molecule has 0 radical (unpaired) electrons. The second-order valence-electron chi connectivity index (χ2n) is 6.99. The molecule has 0 saturated carbocycles. The van der Waals surface area contributed by atoms with Crippen LogP contribution >= 0.6 is 0 Å². The van der Waals surface area contributed by atoms with Crippen LogP contribution in [-0.2, 0) is 4.43 Å². The average molecular weight is 330 g/mol. The highest BCUT2D eigenvalue weighted by molar-refractivity contribution is 6.73. The first-order valence-electron chi connectivity index (χ1n) is 9.46. The summed E-state index contributed by atoms with van der Waals surface area (Å²) in [5.74, 6) is 0. The fraction of sp³-hybridized carbons (Fsp3) is 1.00. The van der Waals surface area contributed by atoms with E-state index in [1.807, 2.05) is 7.11 Å². The Bertz CT molecular complexity index is 251. The molecule has 1 fully saturated rings. The van der Waals surface area contributed by atoms with Crippen LogP contribution in [0.4, 0.5) is 0 Å². The Balaban J connectivity index is 1.95. The van der Waals surface area contributed by atoms with Gasteiger partial charge in [0.05, 0.1) is 0 Å². The van der Waals surface area contributed by atoms with Crippen molar-refractivity contribution in [1.82, 2.24) is 4.57 Å². The van der Waals surface area contributed by atoms with E-state index in [0.29, 0.717) is 0 Å². The Morgan fingerprint density at radius 1 is 1.00 bits per heavy atom. The van der Waals surface area contributed by atoms with Crippen LogP contribution in [0.1, 0.15) is 58.8 Å². The summed E-state index contributed by atoms with van der Waals surface area (Å²) < 4.78 is 8.71. The molecule has 0 aromatic carbocycles. The molecule has 2 nitrogen and oxygen atoms in total. The summed E-state index contributed by atoms with van der Waals surface area (Å²) in [6.45, 7) is 9.98. The van der Waals surface area contributed by atoms with Crippen molar-refractivity contribution >= 4 is 17.3 Å². The van der Waals surface area contributed by atoms with E-state index in [9.17, 15) is 0 Å². The van der Waals surface area contributed by atoms with Gasteiger partial charge in [-0.1, -0.05) is 52.5 Å². The molecule has 0 aliphatic carbocycles. The number of hydrogen-bond acceptors (Lipinski definition) is 2. The monoisotopic (exact) mass is 329 g/mol. The Morgan fingerprint density at radius 3 is 2.14 bits per heavy atom. The molecule has 0 N–H and O–H groups in total. The van der Waals surface area contributed by atoms with Crippen LogP contribution in [0.3, 0.4) is 0 Å². The smallest absolute Gasteiger partial charge is 0.191 e. The standard InChI is InChI=1S/C17H39NOSi2/c1-5-21(6-2,19-3)17-12-10-8-7-9-11-14-18-15-13-16-20(18)4/h20H,5-17H2,1-4H3. The maximum absolute atomic E-state index is 5.89. The van der Waals surface area contributed by atoms with Gasteiger partial charge in [0.15, 0.2) is 8.32 Å². The van der Waals surface area contributed by atoms with Gasteiger partial charge in [0.25, 0.3) is 0 Å². The van der Waals surface area contributed by atoms with Gasteiger partial charge in [0.1, 0.15) is 8.96 Å². The Labute approximate surface area is 136 Å². The van der Waals surface area contributed by atoms with Crippen molar-refractivity contribution in [2.75, 3.05) is 20.2 Å². The molecule has 1 atom stereocenters. The Hall–Kier alpha value is 0.354. The lowest BCUT2D eigenvalue weighted by atomic mass is 10.1. The van der Waals surface area contributed by atoms with Crippen molar-refractivity contribution in [3.8, 4) is 0 Å². The fourth-order valence-electron chi connectivity index (χ4n) is 3.79. The zero-order chi connectivity index (χ0) is 15.6. The van der Waals surface area contributed by atoms with Gasteiger partial charge in [-0.2, -0.15) is 0 Å². The molecule has 1 heterocycles. The van der Waals surface area contributed by atoms with Crippen LogP contribution in [0.2, 0.25) is 30.7 Å². The lowest BCUT2D eigenvalue weighted by Crippen LogP contribution is -2.34. The van der Waals surface area contributed by atoms with E-state index in [2.05, 4.69) is 25.0 Å². The predicted octanol–water partition coefficient (Wildman–Crippen LogP) is 5.02. The molecule has 1 saturated heterocycles. The Kier molecular flexibility index (Phi) is 10.1. The molecule has 1 aliphatic rings. The molecule has 0 amide bonds. The minimum atomic E-state index is -1.32. The lowest BCUT2D eigenvalue weighted by molar-refractivity contribution is 0.388. The maximum atomic E-state index is 5.89. The number of unbranched alkanes of at least 4 members (excludes halogenated alkanes) is 5. The van der Waals surface area contributed by atoms with Crippen molar-refractivity contribution in [2.24, 2.45) is 0 Å². The van der Waals surface area contributed by atoms with Crippen LogP contribution in [0.25, 0.3) is 0 Å². The summed E-state index contributed by atoms with van der Waals surface area (Å²) in [4.78, 5) is 0. The predicted molar refractivity (Wildman–Crippen MR) is 100 cm³/mol. The van der Waals surface area contributed by atoms with Crippen LogP contribution in [0, 0.1) is 0 Å². The summed E-state index contributed by atoms with van der Waals surface area (Å²) in [5, 5.41) is 0. The second-order valence-corrected chi connectivity index (χ2v) is 14.7. The van der Waals surface area contributed by atoms with Crippen molar-refractivity contribution in [3.63, 3.8) is 0 Å². The molecule has 4 heteroatoms. The molecule has 1 rings (SSSR count). The molecule has 1 aliphatic heterocycles. The highest BCUT2D eigenvalue weighted by Gasteiger charge is 2.28. The van der Waals surface area contributed by atoms with Crippen LogP contribution in [-0.4, -0.2) is 42.0 Å². The Morgan fingerprint density at radius 2 is 1.62 bits per heavy atom. The summed E-state index contributed by atoms with van der Waals surface area (Å²) >= 11 is 0. The molecule has 126 valence electrons. The van der Waals surface area contributed by atoms with Gasteiger partial charge in [0, 0.05) is 7.11 Å². The molecule has 0 aromatic heterocycles. The molecular weight excluding hydrogens is 290 g/mol. The number of rotatable bonds is 12.